The van der Waals surface area contributed by atoms with Gasteiger partial charge in [-0.25, -0.2) is 8.78 Å². The average Bonchev–Trinajstić information content (AvgIpc) is 2.48. The van der Waals surface area contributed by atoms with E-state index >= 15 is 0 Å². The molecule has 1 saturated heterocycles. The largest absolute Gasteiger partial charge is 0.339 e. The van der Waals surface area contributed by atoms with Crippen molar-refractivity contribution in [2.45, 2.75) is 25.8 Å². The van der Waals surface area contributed by atoms with Crippen molar-refractivity contribution in [1.82, 2.24) is 10.2 Å². The van der Waals surface area contributed by atoms with Crippen LogP contribution in [0.1, 0.15) is 31.4 Å². The Kier molecular flexibility index (Phi) is 4.70. The molecule has 20 heavy (non-hydrogen) atoms. The number of hydrogen-bond donors (Lipinski definition) is 1. The molecule has 1 fully saturated rings. The Hall–Kier alpha value is -1.49. The van der Waals surface area contributed by atoms with Crippen LogP contribution in [0.2, 0.25) is 0 Å². The van der Waals surface area contributed by atoms with Crippen molar-refractivity contribution in [1.29, 1.82) is 0 Å². The van der Waals surface area contributed by atoms with E-state index in [2.05, 4.69) is 5.32 Å². The minimum absolute atomic E-state index is 0.0264. The summed E-state index contributed by atoms with van der Waals surface area (Å²) in [5.41, 5.74) is 0.600. The predicted octanol–water partition coefficient (Wildman–Crippen LogP) is 2.48. The molecule has 110 valence electrons. The monoisotopic (exact) mass is 282 g/mol. The van der Waals surface area contributed by atoms with Crippen LogP contribution in [0.3, 0.4) is 0 Å². The number of amides is 1. The van der Waals surface area contributed by atoms with E-state index in [9.17, 15) is 13.6 Å². The standard InChI is InChI=1S/C15H20F2N2O/c1-10(11-5-6-13(16)14(17)8-11)19(2)15(20)12-4-3-7-18-9-12/h5-6,8,10,12,18H,3-4,7,9H2,1-2H3/t10?,12-/m0/s1. The van der Waals surface area contributed by atoms with Gasteiger partial charge in [0.2, 0.25) is 5.91 Å². The first-order valence-corrected chi connectivity index (χ1v) is 6.93. The second kappa shape index (κ2) is 6.31. The average molecular weight is 282 g/mol. The molecule has 1 aromatic rings. The lowest BCUT2D eigenvalue weighted by Crippen LogP contribution is -2.42. The SMILES string of the molecule is CC(c1ccc(F)c(F)c1)N(C)C(=O)[C@H]1CCCNC1. The fourth-order valence-electron chi connectivity index (χ4n) is 2.54. The van der Waals surface area contributed by atoms with E-state index in [1.54, 1.807) is 11.9 Å². The van der Waals surface area contributed by atoms with E-state index in [1.165, 1.54) is 6.07 Å². The first-order chi connectivity index (χ1) is 9.50. The topological polar surface area (TPSA) is 32.3 Å². The molecule has 1 aliphatic rings. The summed E-state index contributed by atoms with van der Waals surface area (Å²) in [5.74, 6) is -1.73. The summed E-state index contributed by atoms with van der Waals surface area (Å²) in [6, 6.07) is 3.50. The normalized spacial score (nSPS) is 20.5. The molecule has 0 saturated carbocycles. The number of piperidine rings is 1. The number of carbonyl (C=O) groups excluding carboxylic acids is 1. The van der Waals surface area contributed by atoms with Gasteiger partial charge in [0, 0.05) is 13.6 Å². The zero-order chi connectivity index (χ0) is 14.7. The molecule has 2 atom stereocenters. The molecule has 1 unspecified atom stereocenters. The summed E-state index contributed by atoms with van der Waals surface area (Å²) in [6.45, 7) is 3.46. The Morgan fingerprint density at radius 3 is 2.75 bits per heavy atom. The summed E-state index contributed by atoms with van der Waals surface area (Å²) < 4.78 is 26.2. The van der Waals surface area contributed by atoms with Gasteiger partial charge in [0.15, 0.2) is 11.6 Å². The molecule has 0 aliphatic carbocycles. The van der Waals surface area contributed by atoms with Crippen LogP contribution in [0.25, 0.3) is 0 Å². The summed E-state index contributed by atoms with van der Waals surface area (Å²) in [5, 5.41) is 3.21. The van der Waals surface area contributed by atoms with Gasteiger partial charge in [0.25, 0.3) is 0 Å². The van der Waals surface area contributed by atoms with E-state index in [-0.39, 0.29) is 17.9 Å². The van der Waals surface area contributed by atoms with Crippen molar-refractivity contribution < 1.29 is 13.6 Å². The van der Waals surface area contributed by atoms with Gasteiger partial charge in [-0.05, 0) is 44.0 Å². The van der Waals surface area contributed by atoms with Crippen LogP contribution < -0.4 is 5.32 Å². The molecule has 5 heteroatoms. The molecule has 2 rings (SSSR count). The maximum absolute atomic E-state index is 13.3. The Morgan fingerprint density at radius 2 is 2.15 bits per heavy atom. The number of rotatable bonds is 3. The minimum atomic E-state index is -0.880. The first kappa shape index (κ1) is 14.9. The van der Waals surface area contributed by atoms with Crippen LogP contribution in [0.15, 0.2) is 18.2 Å². The molecule has 1 amide bonds. The van der Waals surface area contributed by atoms with Gasteiger partial charge in [0.1, 0.15) is 0 Å². The fraction of sp³-hybridized carbons (Fsp3) is 0.533. The van der Waals surface area contributed by atoms with E-state index in [4.69, 9.17) is 0 Å². The molecular formula is C15H20F2N2O. The van der Waals surface area contributed by atoms with Crippen LogP contribution in [0.5, 0.6) is 0 Å². The highest BCUT2D eigenvalue weighted by atomic mass is 19.2. The van der Waals surface area contributed by atoms with E-state index in [0.717, 1.165) is 31.5 Å². The Balaban J connectivity index is 2.08. The fourth-order valence-corrected chi connectivity index (χ4v) is 2.54. The minimum Gasteiger partial charge on any atom is -0.339 e. The lowest BCUT2D eigenvalue weighted by Gasteiger charge is -2.31. The Labute approximate surface area is 118 Å². The van der Waals surface area contributed by atoms with E-state index in [1.807, 2.05) is 6.92 Å². The zero-order valence-corrected chi connectivity index (χ0v) is 11.8. The molecule has 0 spiro atoms. The Bertz CT molecular complexity index is 487. The number of hydrogen-bond acceptors (Lipinski definition) is 2. The molecule has 1 aromatic carbocycles. The summed E-state index contributed by atoms with van der Waals surface area (Å²) in [7, 11) is 1.71. The van der Waals surface area contributed by atoms with Gasteiger partial charge in [-0.2, -0.15) is 0 Å². The molecule has 1 aliphatic heterocycles. The number of carbonyl (C=O) groups is 1. The predicted molar refractivity (Wildman–Crippen MR) is 73.1 cm³/mol. The molecule has 0 radical (unpaired) electrons. The third kappa shape index (κ3) is 3.15. The number of nitrogens with zero attached hydrogens (tertiary/aromatic N) is 1. The number of nitrogens with one attached hydrogen (secondary N) is 1. The maximum atomic E-state index is 13.3. The first-order valence-electron chi connectivity index (χ1n) is 6.93. The lowest BCUT2D eigenvalue weighted by atomic mass is 9.97. The van der Waals surface area contributed by atoms with Crippen molar-refractivity contribution in [3.05, 3.63) is 35.4 Å². The van der Waals surface area contributed by atoms with Gasteiger partial charge in [0.05, 0.1) is 12.0 Å². The van der Waals surface area contributed by atoms with Gasteiger partial charge in [-0.15, -0.1) is 0 Å². The van der Waals surface area contributed by atoms with Crippen molar-refractivity contribution in [3.63, 3.8) is 0 Å². The lowest BCUT2D eigenvalue weighted by molar-refractivity contribution is -0.136. The van der Waals surface area contributed by atoms with Gasteiger partial charge < -0.3 is 10.2 Å². The number of benzene rings is 1. The smallest absolute Gasteiger partial charge is 0.227 e. The molecule has 0 bridgehead atoms. The molecule has 1 heterocycles. The molecule has 3 nitrogen and oxygen atoms in total. The highest BCUT2D eigenvalue weighted by Crippen LogP contribution is 2.24. The number of halogens is 2. The van der Waals surface area contributed by atoms with Crippen molar-refractivity contribution in [2.24, 2.45) is 5.92 Å². The summed E-state index contributed by atoms with van der Waals surface area (Å²) in [6.07, 6.45) is 1.87. The second-order valence-electron chi connectivity index (χ2n) is 5.34. The third-order valence-electron chi connectivity index (χ3n) is 4.00. The van der Waals surface area contributed by atoms with E-state index in [0.29, 0.717) is 12.1 Å². The van der Waals surface area contributed by atoms with Crippen LogP contribution in [-0.2, 0) is 4.79 Å². The van der Waals surface area contributed by atoms with Crippen LogP contribution in [0, 0.1) is 17.6 Å². The molecular weight excluding hydrogens is 262 g/mol. The van der Waals surface area contributed by atoms with Gasteiger partial charge >= 0.3 is 0 Å². The van der Waals surface area contributed by atoms with E-state index < -0.39 is 11.6 Å². The quantitative estimate of drug-likeness (QED) is 0.923. The van der Waals surface area contributed by atoms with Gasteiger partial charge in [-0.1, -0.05) is 6.07 Å². The third-order valence-corrected chi connectivity index (χ3v) is 4.00. The highest BCUT2D eigenvalue weighted by molar-refractivity contribution is 5.79. The van der Waals surface area contributed by atoms with Crippen LogP contribution in [-0.4, -0.2) is 30.9 Å². The van der Waals surface area contributed by atoms with Crippen molar-refractivity contribution in [3.8, 4) is 0 Å². The molecule has 1 N–H and O–H groups in total. The van der Waals surface area contributed by atoms with Crippen molar-refractivity contribution >= 4 is 5.91 Å². The summed E-state index contributed by atoms with van der Waals surface area (Å²) >= 11 is 0. The van der Waals surface area contributed by atoms with Crippen molar-refractivity contribution in [2.75, 3.05) is 20.1 Å². The highest BCUT2D eigenvalue weighted by Gasteiger charge is 2.27. The second-order valence-corrected chi connectivity index (χ2v) is 5.34. The summed E-state index contributed by atoms with van der Waals surface area (Å²) in [4.78, 5) is 14.0. The van der Waals surface area contributed by atoms with Crippen LogP contribution >= 0.6 is 0 Å². The Morgan fingerprint density at radius 1 is 1.40 bits per heavy atom. The van der Waals surface area contributed by atoms with Crippen LogP contribution in [0.4, 0.5) is 8.78 Å². The zero-order valence-electron chi connectivity index (χ0n) is 11.8. The maximum Gasteiger partial charge on any atom is 0.227 e. The van der Waals surface area contributed by atoms with Gasteiger partial charge in [-0.3, -0.25) is 4.79 Å². The molecule has 0 aromatic heterocycles.